The van der Waals surface area contributed by atoms with E-state index in [2.05, 4.69) is 71.1 Å². The Morgan fingerprint density at radius 2 is 1.65 bits per heavy atom. The van der Waals surface area contributed by atoms with E-state index in [0.717, 1.165) is 11.4 Å². The van der Waals surface area contributed by atoms with Crippen molar-refractivity contribution in [3.05, 3.63) is 71.2 Å². The zero-order chi connectivity index (χ0) is 13.8. The van der Waals surface area contributed by atoms with Crippen molar-refractivity contribution in [3.63, 3.8) is 0 Å². The van der Waals surface area contributed by atoms with Crippen molar-refractivity contribution in [1.82, 2.24) is 4.98 Å². The molecule has 3 rings (SSSR count). The van der Waals surface area contributed by atoms with E-state index < -0.39 is 0 Å². The third kappa shape index (κ3) is 2.89. The molecule has 1 heterocycles. The van der Waals surface area contributed by atoms with Crippen LogP contribution in [0.15, 0.2) is 65.5 Å². The lowest BCUT2D eigenvalue weighted by atomic mass is 10.1. The third-order valence-corrected chi connectivity index (χ3v) is 3.87. The molecule has 20 heavy (non-hydrogen) atoms. The predicted molar refractivity (Wildman–Crippen MR) is 86.0 cm³/mol. The summed E-state index contributed by atoms with van der Waals surface area (Å²) in [6.45, 7) is 2.13. The van der Waals surface area contributed by atoms with Crippen molar-refractivity contribution >= 4 is 17.0 Å². The van der Waals surface area contributed by atoms with Gasteiger partial charge in [0, 0.05) is 11.1 Å². The maximum atomic E-state index is 4.33. The fourth-order valence-corrected chi connectivity index (χ4v) is 2.80. The van der Waals surface area contributed by atoms with Gasteiger partial charge >= 0.3 is 0 Å². The lowest BCUT2D eigenvalue weighted by molar-refractivity contribution is 0.850. The Balaban J connectivity index is 1.74. The van der Waals surface area contributed by atoms with Crippen LogP contribution < -0.4 is 5.32 Å². The van der Waals surface area contributed by atoms with Gasteiger partial charge < -0.3 is 5.32 Å². The van der Waals surface area contributed by atoms with Gasteiger partial charge in [-0.15, -0.1) is 11.3 Å². The first kappa shape index (κ1) is 12.9. The van der Waals surface area contributed by atoms with E-state index in [0.29, 0.717) is 0 Å². The predicted octanol–water partition coefficient (Wildman–Crippen LogP) is 4.98. The largest absolute Gasteiger partial charge is 0.377 e. The van der Waals surface area contributed by atoms with Gasteiger partial charge in [-0.05, 0) is 30.2 Å². The van der Waals surface area contributed by atoms with Gasteiger partial charge in [0.05, 0.1) is 17.2 Å². The molecule has 100 valence electrons. The Morgan fingerprint density at radius 3 is 2.30 bits per heavy atom. The van der Waals surface area contributed by atoms with E-state index in [9.17, 15) is 0 Å². The number of anilines is 1. The molecule has 1 aromatic heterocycles. The highest BCUT2D eigenvalue weighted by molar-refractivity contribution is 7.07. The molecule has 0 amide bonds. The Bertz CT molecular complexity index is 645. The molecule has 0 fully saturated rings. The first-order chi connectivity index (χ1) is 9.83. The molecule has 0 saturated heterocycles. The van der Waals surface area contributed by atoms with Crippen LogP contribution in [0.2, 0.25) is 0 Å². The first-order valence-electron chi connectivity index (χ1n) is 6.63. The molecule has 0 aliphatic rings. The van der Waals surface area contributed by atoms with Gasteiger partial charge in [-0.2, -0.15) is 0 Å². The summed E-state index contributed by atoms with van der Waals surface area (Å²) in [5.74, 6) is 0. The SMILES string of the molecule is CC(Nc1ccc(-c2ccccc2)cc1)c1cscn1. The zero-order valence-electron chi connectivity index (χ0n) is 11.3. The number of nitrogens with zero attached hydrogens (tertiary/aromatic N) is 1. The fourth-order valence-electron chi connectivity index (χ4n) is 2.15. The molecule has 0 spiro atoms. The van der Waals surface area contributed by atoms with E-state index in [1.54, 1.807) is 11.3 Å². The first-order valence-corrected chi connectivity index (χ1v) is 7.57. The standard InChI is InChI=1S/C17H16N2S/c1-13(17-11-20-12-18-17)19-16-9-7-15(8-10-16)14-5-3-2-4-6-14/h2-13,19H,1H3. The van der Waals surface area contributed by atoms with Gasteiger partial charge in [-0.1, -0.05) is 42.5 Å². The van der Waals surface area contributed by atoms with Gasteiger partial charge in [0.1, 0.15) is 0 Å². The molecule has 1 N–H and O–H groups in total. The Labute approximate surface area is 123 Å². The summed E-state index contributed by atoms with van der Waals surface area (Å²) < 4.78 is 0. The molecular formula is C17H16N2S. The summed E-state index contributed by atoms with van der Waals surface area (Å²) in [5.41, 5.74) is 6.54. The van der Waals surface area contributed by atoms with Gasteiger partial charge in [0.25, 0.3) is 0 Å². The van der Waals surface area contributed by atoms with Crippen LogP contribution in [0, 0.1) is 0 Å². The summed E-state index contributed by atoms with van der Waals surface area (Å²) in [5, 5.41) is 5.55. The molecule has 0 aliphatic heterocycles. The molecule has 1 unspecified atom stereocenters. The van der Waals surface area contributed by atoms with Crippen LogP contribution in [0.1, 0.15) is 18.7 Å². The van der Waals surface area contributed by atoms with Crippen LogP contribution in [0.5, 0.6) is 0 Å². The second-order valence-corrected chi connectivity index (χ2v) is 5.44. The second kappa shape index (κ2) is 5.88. The highest BCUT2D eigenvalue weighted by Gasteiger charge is 2.06. The number of nitrogens with one attached hydrogen (secondary N) is 1. The topological polar surface area (TPSA) is 24.9 Å². The van der Waals surface area contributed by atoms with Crippen LogP contribution >= 0.6 is 11.3 Å². The highest BCUT2D eigenvalue weighted by atomic mass is 32.1. The monoisotopic (exact) mass is 280 g/mol. The zero-order valence-corrected chi connectivity index (χ0v) is 12.1. The van der Waals surface area contributed by atoms with Crippen molar-refractivity contribution in [2.24, 2.45) is 0 Å². The Hall–Kier alpha value is -2.13. The van der Waals surface area contributed by atoms with Crippen molar-refractivity contribution < 1.29 is 0 Å². The van der Waals surface area contributed by atoms with Crippen LogP contribution in [0.3, 0.4) is 0 Å². The molecule has 1 atom stereocenters. The average molecular weight is 280 g/mol. The molecule has 0 aliphatic carbocycles. The van der Waals surface area contributed by atoms with Crippen LogP contribution in [0.4, 0.5) is 5.69 Å². The summed E-state index contributed by atoms with van der Waals surface area (Å²) >= 11 is 1.63. The van der Waals surface area contributed by atoms with Crippen molar-refractivity contribution in [2.45, 2.75) is 13.0 Å². The van der Waals surface area contributed by atoms with Gasteiger partial charge in [0.15, 0.2) is 0 Å². The Kier molecular flexibility index (Phi) is 3.79. The molecule has 2 aromatic carbocycles. The molecule has 3 aromatic rings. The summed E-state index contributed by atoms with van der Waals surface area (Å²) in [7, 11) is 0. The van der Waals surface area contributed by atoms with Gasteiger partial charge in [-0.25, -0.2) is 4.98 Å². The van der Waals surface area contributed by atoms with Crippen molar-refractivity contribution in [1.29, 1.82) is 0 Å². The smallest absolute Gasteiger partial charge is 0.0795 e. The second-order valence-electron chi connectivity index (χ2n) is 4.72. The average Bonchev–Trinajstić information content (AvgIpc) is 3.03. The summed E-state index contributed by atoms with van der Waals surface area (Å²) in [4.78, 5) is 4.33. The molecule has 3 heteroatoms. The highest BCUT2D eigenvalue weighted by Crippen LogP contribution is 2.23. The summed E-state index contributed by atoms with van der Waals surface area (Å²) in [6.07, 6.45) is 0. The number of benzene rings is 2. The van der Waals surface area contributed by atoms with Gasteiger partial charge in [-0.3, -0.25) is 0 Å². The van der Waals surface area contributed by atoms with Gasteiger partial charge in [0.2, 0.25) is 0 Å². The quantitative estimate of drug-likeness (QED) is 0.728. The number of hydrogen-bond acceptors (Lipinski definition) is 3. The van der Waals surface area contributed by atoms with E-state index in [1.807, 2.05) is 11.6 Å². The van der Waals surface area contributed by atoms with E-state index in [4.69, 9.17) is 0 Å². The Morgan fingerprint density at radius 1 is 0.950 bits per heavy atom. The number of rotatable bonds is 4. The number of hydrogen-bond donors (Lipinski definition) is 1. The molecule has 2 nitrogen and oxygen atoms in total. The van der Waals surface area contributed by atoms with E-state index in [-0.39, 0.29) is 6.04 Å². The minimum absolute atomic E-state index is 0.226. The normalized spacial score (nSPS) is 12.1. The minimum Gasteiger partial charge on any atom is -0.377 e. The number of thiazole rings is 1. The van der Waals surface area contributed by atoms with E-state index >= 15 is 0 Å². The van der Waals surface area contributed by atoms with Crippen molar-refractivity contribution in [2.75, 3.05) is 5.32 Å². The lowest BCUT2D eigenvalue weighted by Crippen LogP contribution is -2.06. The molecule has 0 radical (unpaired) electrons. The fraction of sp³-hybridized carbons (Fsp3) is 0.118. The number of aromatic nitrogens is 1. The van der Waals surface area contributed by atoms with Crippen molar-refractivity contribution in [3.8, 4) is 11.1 Å². The maximum absolute atomic E-state index is 4.33. The third-order valence-electron chi connectivity index (χ3n) is 3.27. The minimum atomic E-state index is 0.226. The maximum Gasteiger partial charge on any atom is 0.0795 e. The van der Waals surface area contributed by atoms with Crippen LogP contribution in [-0.4, -0.2) is 4.98 Å². The van der Waals surface area contributed by atoms with Crippen LogP contribution in [0.25, 0.3) is 11.1 Å². The molecule has 0 bridgehead atoms. The van der Waals surface area contributed by atoms with Crippen LogP contribution in [-0.2, 0) is 0 Å². The molecular weight excluding hydrogens is 264 g/mol. The molecule has 0 saturated carbocycles. The van der Waals surface area contributed by atoms with E-state index in [1.165, 1.54) is 11.1 Å². The summed E-state index contributed by atoms with van der Waals surface area (Å²) in [6, 6.07) is 19.2. The lowest BCUT2D eigenvalue weighted by Gasteiger charge is -2.13.